The second-order valence-electron chi connectivity index (χ2n) is 5.89. The van der Waals surface area contributed by atoms with Gasteiger partial charge in [-0.25, -0.2) is 4.98 Å². The number of hydrogen-bond donors (Lipinski definition) is 2. The molecular weight excluding hydrogens is 308 g/mol. The zero-order chi connectivity index (χ0) is 15.5. The van der Waals surface area contributed by atoms with Gasteiger partial charge in [0.1, 0.15) is 5.01 Å². The molecule has 0 amide bonds. The second kappa shape index (κ2) is 6.70. The summed E-state index contributed by atoms with van der Waals surface area (Å²) in [5.41, 5.74) is -0.700. The summed E-state index contributed by atoms with van der Waals surface area (Å²) in [7, 11) is -1.67. The number of hydrogen-bond acceptors (Lipinski definition) is 5. The van der Waals surface area contributed by atoms with Gasteiger partial charge in [0.15, 0.2) is 0 Å². The van der Waals surface area contributed by atoms with E-state index in [0.29, 0.717) is 13.1 Å². The highest BCUT2D eigenvalue weighted by molar-refractivity contribution is 7.87. The van der Waals surface area contributed by atoms with Crippen molar-refractivity contribution < 1.29 is 8.42 Å². The Morgan fingerprint density at radius 3 is 2.86 bits per heavy atom. The lowest BCUT2D eigenvalue weighted by Gasteiger charge is -2.36. The predicted octanol–water partition coefficient (Wildman–Crippen LogP) is 1.29. The molecule has 0 aliphatic carbocycles. The van der Waals surface area contributed by atoms with Gasteiger partial charge in [0, 0.05) is 30.7 Å². The number of likely N-dealkylation sites (N-methyl/N-ethyl adjacent to an activating group) is 1. The first-order valence-corrected chi connectivity index (χ1v) is 9.54. The molecule has 2 rings (SSSR count). The molecule has 0 bridgehead atoms. The highest BCUT2D eigenvalue weighted by atomic mass is 32.2. The molecule has 0 saturated carbocycles. The highest BCUT2D eigenvalue weighted by Crippen LogP contribution is 2.26. The molecule has 0 radical (unpaired) electrons. The highest BCUT2D eigenvalue weighted by Gasteiger charge is 2.37. The predicted molar refractivity (Wildman–Crippen MR) is 85.5 cm³/mol. The van der Waals surface area contributed by atoms with E-state index in [1.54, 1.807) is 10.5 Å². The molecule has 120 valence electrons. The Morgan fingerprint density at radius 1 is 1.48 bits per heavy atom. The summed E-state index contributed by atoms with van der Waals surface area (Å²) in [6.07, 6.45) is 4.59. The van der Waals surface area contributed by atoms with Crippen LogP contribution in [0.2, 0.25) is 0 Å². The molecule has 6 nitrogen and oxygen atoms in total. The lowest BCUT2D eigenvalue weighted by Crippen LogP contribution is -2.55. The molecule has 1 aromatic rings. The maximum atomic E-state index is 12.7. The van der Waals surface area contributed by atoms with Gasteiger partial charge in [-0.1, -0.05) is 6.42 Å². The Kier molecular flexibility index (Phi) is 5.37. The van der Waals surface area contributed by atoms with E-state index in [1.807, 2.05) is 26.3 Å². The normalized spacial score (nSPS) is 21.6. The summed E-state index contributed by atoms with van der Waals surface area (Å²) in [6, 6.07) is 0.0216. The van der Waals surface area contributed by atoms with Crippen LogP contribution in [0, 0.1) is 0 Å². The maximum absolute atomic E-state index is 12.7. The number of nitrogens with one attached hydrogen (secondary N) is 2. The molecule has 1 atom stereocenters. The molecule has 1 aliphatic rings. The van der Waals surface area contributed by atoms with Gasteiger partial charge in [-0.05, 0) is 33.7 Å². The number of aromatic nitrogens is 1. The van der Waals surface area contributed by atoms with Gasteiger partial charge < -0.3 is 5.32 Å². The van der Waals surface area contributed by atoms with Crippen molar-refractivity contribution in [2.24, 2.45) is 0 Å². The van der Waals surface area contributed by atoms with E-state index in [1.165, 1.54) is 11.3 Å². The van der Waals surface area contributed by atoms with E-state index >= 15 is 0 Å². The van der Waals surface area contributed by atoms with Crippen molar-refractivity contribution in [3.05, 3.63) is 16.6 Å². The van der Waals surface area contributed by atoms with E-state index in [2.05, 4.69) is 15.0 Å². The zero-order valence-corrected chi connectivity index (χ0v) is 14.4. The maximum Gasteiger partial charge on any atom is 0.280 e. The first kappa shape index (κ1) is 16.8. The van der Waals surface area contributed by atoms with Crippen LogP contribution in [0.4, 0.5) is 0 Å². The third kappa shape index (κ3) is 4.01. The number of thiazole rings is 1. The summed E-state index contributed by atoms with van der Waals surface area (Å²) in [6.45, 7) is 4.95. The monoisotopic (exact) mass is 332 g/mol. The molecule has 0 aromatic carbocycles. The van der Waals surface area contributed by atoms with Gasteiger partial charge in [-0.3, -0.25) is 0 Å². The minimum Gasteiger partial charge on any atom is -0.318 e. The molecule has 1 aliphatic heterocycles. The van der Waals surface area contributed by atoms with Gasteiger partial charge in [0.05, 0.1) is 5.54 Å². The molecule has 1 unspecified atom stereocenters. The molecule has 8 heteroatoms. The first-order chi connectivity index (χ1) is 9.87. The summed E-state index contributed by atoms with van der Waals surface area (Å²) in [5, 5.41) is 5.71. The smallest absolute Gasteiger partial charge is 0.280 e. The van der Waals surface area contributed by atoms with Crippen molar-refractivity contribution in [3.8, 4) is 0 Å². The number of piperidine rings is 1. The van der Waals surface area contributed by atoms with E-state index in [-0.39, 0.29) is 6.04 Å². The Bertz CT molecular complexity index is 541. The molecule has 2 heterocycles. The van der Waals surface area contributed by atoms with Crippen LogP contribution in [0.25, 0.3) is 0 Å². The fraction of sp³-hybridized carbons (Fsp3) is 0.769. The van der Waals surface area contributed by atoms with Crippen LogP contribution >= 0.6 is 11.3 Å². The fourth-order valence-electron chi connectivity index (χ4n) is 2.69. The van der Waals surface area contributed by atoms with Crippen molar-refractivity contribution in [2.75, 3.05) is 20.1 Å². The van der Waals surface area contributed by atoms with Gasteiger partial charge in [-0.15, -0.1) is 11.3 Å². The molecular formula is C13H24N4O2S2. The van der Waals surface area contributed by atoms with Crippen molar-refractivity contribution in [1.82, 2.24) is 19.3 Å². The molecule has 1 aromatic heterocycles. The molecule has 2 N–H and O–H groups in total. The van der Waals surface area contributed by atoms with Gasteiger partial charge in [0.2, 0.25) is 0 Å². The van der Waals surface area contributed by atoms with Gasteiger partial charge >= 0.3 is 0 Å². The van der Waals surface area contributed by atoms with Crippen LogP contribution in [0.1, 0.15) is 38.1 Å². The molecule has 1 fully saturated rings. The average molecular weight is 332 g/mol. The van der Waals surface area contributed by atoms with Crippen molar-refractivity contribution in [1.29, 1.82) is 0 Å². The summed E-state index contributed by atoms with van der Waals surface area (Å²) < 4.78 is 29.9. The third-order valence-electron chi connectivity index (χ3n) is 3.67. The standard InChI is InChI=1S/C13H24N4O2S2/c1-13(2,12-15-7-9-20-12)16-21(18,19)17-8-5-4-6-11(17)10-14-3/h7,9,11,14,16H,4-6,8,10H2,1-3H3. The van der Waals surface area contributed by atoms with Crippen LogP contribution in [-0.4, -0.2) is 43.9 Å². The molecule has 0 spiro atoms. The summed E-state index contributed by atoms with van der Waals surface area (Å²) in [4.78, 5) is 4.23. The number of rotatable bonds is 6. The largest absolute Gasteiger partial charge is 0.318 e. The Labute approximate surface area is 131 Å². The topological polar surface area (TPSA) is 74.3 Å². The average Bonchev–Trinajstić information content (AvgIpc) is 2.93. The third-order valence-corrected chi connectivity index (χ3v) is 6.64. The van der Waals surface area contributed by atoms with Crippen molar-refractivity contribution >= 4 is 21.5 Å². The SMILES string of the molecule is CNCC1CCCCN1S(=O)(=O)NC(C)(C)c1nccs1. The summed E-state index contributed by atoms with van der Waals surface area (Å²) in [5.74, 6) is 0. The van der Waals surface area contributed by atoms with E-state index in [0.717, 1.165) is 24.3 Å². The lowest BCUT2D eigenvalue weighted by molar-refractivity contribution is 0.241. The Balaban J connectivity index is 2.16. The van der Waals surface area contributed by atoms with Crippen LogP contribution in [0.3, 0.4) is 0 Å². The van der Waals surface area contributed by atoms with Gasteiger partial charge in [-0.2, -0.15) is 17.4 Å². The van der Waals surface area contributed by atoms with Crippen molar-refractivity contribution in [3.63, 3.8) is 0 Å². The zero-order valence-electron chi connectivity index (χ0n) is 12.8. The van der Waals surface area contributed by atoms with Crippen LogP contribution in [0.5, 0.6) is 0 Å². The van der Waals surface area contributed by atoms with Crippen LogP contribution in [-0.2, 0) is 15.7 Å². The minimum atomic E-state index is -3.53. The Hall–Kier alpha value is -0.540. The first-order valence-electron chi connectivity index (χ1n) is 7.22. The van der Waals surface area contributed by atoms with Crippen LogP contribution in [0.15, 0.2) is 11.6 Å². The quantitative estimate of drug-likeness (QED) is 0.823. The summed E-state index contributed by atoms with van der Waals surface area (Å²) >= 11 is 1.46. The molecule has 1 saturated heterocycles. The lowest BCUT2D eigenvalue weighted by atomic mass is 10.1. The Morgan fingerprint density at radius 2 is 2.24 bits per heavy atom. The van der Waals surface area contributed by atoms with E-state index in [4.69, 9.17) is 0 Å². The van der Waals surface area contributed by atoms with Crippen molar-refractivity contribution in [2.45, 2.75) is 44.7 Å². The van der Waals surface area contributed by atoms with Crippen LogP contribution < -0.4 is 10.0 Å². The number of nitrogens with zero attached hydrogens (tertiary/aromatic N) is 2. The molecule has 21 heavy (non-hydrogen) atoms. The second-order valence-corrected chi connectivity index (χ2v) is 8.41. The minimum absolute atomic E-state index is 0.0216. The van der Waals surface area contributed by atoms with Gasteiger partial charge in [0.25, 0.3) is 10.2 Å². The van der Waals surface area contributed by atoms with E-state index < -0.39 is 15.7 Å². The van der Waals surface area contributed by atoms with E-state index in [9.17, 15) is 8.42 Å². The fourth-order valence-corrected chi connectivity index (χ4v) is 5.27.